The lowest BCUT2D eigenvalue weighted by Gasteiger charge is -2.14. The quantitative estimate of drug-likeness (QED) is 0.761. The smallest absolute Gasteiger partial charge is 0.258 e. The molecule has 0 fully saturated rings. The lowest BCUT2D eigenvalue weighted by molar-refractivity contribution is -0.123. The zero-order valence-corrected chi connectivity index (χ0v) is 11.3. The number of hydrogen-bond acceptors (Lipinski definition) is 3. The molecule has 1 unspecified atom stereocenters. The fraction of sp³-hybridized carbons (Fsp3) is 0.500. The van der Waals surface area contributed by atoms with Crippen molar-refractivity contribution in [3.05, 3.63) is 23.8 Å². The molecule has 1 aromatic carbocycles. The molecule has 0 aliphatic rings. The van der Waals surface area contributed by atoms with Gasteiger partial charge in [0, 0.05) is 17.8 Å². The fourth-order valence-corrected chi connectivity index (χ4v) is 1.74. The number of carbonyl (C=O) groups is 1. The van der Waals surface area contributed by atoms with E-state index in [1.54, 1.807) is 6.07 Å². The first-order valence-electron chi connectivity index (χ1n) is 6.31. The Balaban J connectivity index is 2.45. The lowest BCUT2D eigenvalue weighted by atomic mass is 10.2. The summed E-state index contributed by atoms with van der Waals surface area (Å²) >= 11 is 0. The van der Waals surface area contributed by atoms with Crippen LogP contribution >= 0.6 is 0 Å². The van der Waals surface area contributed by atoms with Gasteiger partial charge >= 0.3 is 0 Å². The van der Waals surface area contributed by atoms with Gasteiger partial charge in [0.25, 0.3) is 5.91 Å². The second kappa shape index (κ2) is 6.89. The topological polar surface area (TPSA) is 64.3 Å². The number of carbonyl (C=O) groups excluding carboxylic acids is 1. The average molecular weight is 250 g/mol. The van der Waals surface area contributed by atoms with Gasteiger partial charge in [0.15, 0.2) is 6.61 Å². The third-order valence-electron chi connectivity index (χ3n) is 2.70. The van der Waals surface area contributed by atoms with Crippen molar-refractivity contribution in [2.75, 3.05) is 12.3 Å². The largest absolute Gasteiger partial charge is 0.483 e. The Bertz CT molecular complexity index is 405. The highest BCUT2D eigenvalue weighted by atomic mass is 16.5. The van der Waals surface area contributed by atoms with Crippen LogP contribution in [0.3, 0.4) is 0 Å². The Morgan fingerprint density at radius 1 is 1.50 bits per heavy atom. The molecule has 3 N–H and O–H groups in total. The fourth-order valence-electron chi connectivity index (χ4n) is 1.74. The van der Waals surface area contributed by atoms with E-state index in [0.717, 1.165) is 18.4 Å². The molecule has 1 amide bonds. The molecule has 0 bridgehead atoms. The van der Waals surface area contributed by atoms with Crippen LogP contribution in [0, 0.1) is 6.92 Å². The van der Waals surface area contributed by atoms with Crippen LogP contribution in [-0.4, -0.2) is 18.6 Å². The van der Waals surface area contributed by atoms with Gasteiger partial charge < -0.3 is 15.8 Å². The molecule has 0 aliphatic carbocycles. The maximum Gasteiger partial charge on any atom is 0.258 e. The summed E-state index contributed by atoms with van der Waals surface area (Å²) in [6.45, 7) is 6.03. The monoisotopic (exact) mass is 250 g/mol. The van der Waals surface area contributed by atoms with Crippen LogP contribution in [0.4, 0.5) is 5.69 Å². The number of rotatable bonds is 6. The van der Waals surface area contributed by atoms with Gasteiger partial charge in [-0.05, 0) is 31.9 Å². The standard InChI is InChI=1S/C14H22N2O2/c1-4-5-11(3)16-14(17)9-18-13-8-12(15)7-6-10(13)2/h6-8,11H,4-5,9,15H2,1-3H3,(H,16,17). The summed E-state index contributed by atoms with van der Waals surface area (Å²) in [5.74, 6) is 0.561. The Morgan fingerprint density at radius 2 is 2.22 bits per heavy atom. The molecule has 0 saturated heterocycles. The Morgan fingerprint density at radius 3 is 2.89 bits per heavy atom. The van der Waals surface area contributed by atoms with Gasteiger partial charge in [0.05, 0.1) is 0 Å². The summed E-state index contributed by atoms with van der Waals surface area (Å²) in [6, 6.07) is 5.61. The Hall–Kier alpha value is -1.71. The number of ether oxygens (including phenoxy) is 1. The van der Waals surface area contributed by atoms with Crippen LogP contribution in [-0.2, 0) is 4.79 Å². The van der Waals surface area contributed by atoms with Crippen molar-refractivity contribution in [3.8, 4) is 5.75 Å². The van der Waals surface area contributed by atoms with Gasteiger partial charge in [-0.25, -0.2) is 0 Å². The first-order chi connectivity index (χ1) is 8.52. The van der Waals surface area contributed by atoms with Crippen LogP contribution < -0.4 is 15.8 Å². The van der Waals surface area contributed by atoms with Crippen LogP contribution in [0.15, 0.2) is 18.2 Å². The van der Waals surface area contributed by atoms with Gasteiger partial charge in [-0.15, -0.1) is 0 Å². The van der Waals surface area contributed by atoms with Gasteiger partial charge in [-0.2, -0.15) is 0 Å². The number of benzene rings is 1. The van der Waals surface area contributed by atoms with Crippen LogP contribution in [0.25, 0.3) is 0 Å². The summed E-state index contributed by atoms with van der Waals surface area (Å²) in [7, 11) is 0. The molecule has 0 aliphatic heterocycles. The molecule has 1 atom stereocenters. The number of hydrogen-bond donors (Lipinski definition) is 2. The molecule has 0 saturated carbocycles. The van der Waals surface area contributed by atoms with E-state index >= 15 is 0 Å². The van der Waals surface area contributed by atoms with Crippen LogP contribution in [0.1, 0.15) is 32.3 Å². The predicted octanol–water partition coefficient (Wildman–Crippen LogP) is 2.26. The Kier molecular flexibility index (Phi) is 5.49. The second-order valence-corrected chi connectivity index (χ2v) is 4.57. The van der Waals surface area contributed by atoms with Crippen molar-refractivity contribution in [3.63, 3.8) is 0 Å². The van der Waals surface area contributed by atoms with E-state index < -0.39 is 0 Å². The van der Waals surface area contributed by atoms with Crippen molar-refractivity contribution >= 4 is 11.6 Å². The highest BCUT2D eigenvalue weighted by Crippen LogP contribution is 2.20. The number of nitrogens with one attached hydrogen (secondary N) is 1. The molecule has 0 aromatic heterocycles. The number of amides is 1. The zero-order valence-electron chi connectivity index (χ0n) is 11.3. The van der Waals surface area contributed by atoms with Gasteiger partial charge in [-0.3, -0.25) is 4.79 Å². The SMILES string of the molecule is CCCC(C)NC(=O)COc1cc(N)ccc1C. The van der Waals surface area contributed by atoms with E-state index in [2.05, 4.69) is 12.2 Å². The van der Waals surface area contributed by atoms with E-state index in [4.69, 9.17) is 10.5 Å². The number of nitrogens with two attached hydrogens (primary N) is 1. The molecule has 18 heavy (non-hydrogen) atoms. The third-order valence-corrected chi connectivity index (χ3v) is 2.70. The van der Waals surface area contributed by atoms with Crippen molar-refractivity contribution in [2.45, 2.75) is 39.7 Å². The van der Waals surface area contributed by atoms with E-state index in [9.17, 15) is 4.79 Å². The van der Waals surface area contributed by atoms with Crippen molar-refractivity contribution in [1.29, 1.82) is 0 Å². The number of nitrogen functional groups attached to an aromatic ring is 1. The first-order valence-corrected chi connectivity index (χ1v) is 6.31. The summed E-state index contributed by atoms with van der Waals surface area (Å²) < 4.78 is 5.47. The molecule has 0 radical (unpaired) electrons. The minimum atomic E-state index is -0.0993. The molecule has 4 nitrogen and oxygen atoms in total. The lowest BCUT2D eigenvalue weighted by Crippen LogP contribution is -2.36. The molecular weight excluding hydrogens is 228 g/mol. The third kappa shape index (κ3) is 4.65. The molecule has 1 rings (SSSR count). The number of aryl methyl sites for hydroxylation is 1. The van der Waals surface area contributed by atoms with Crippen molar-refractivity contribution in [2.24, 2.45) is 0 Å². The van der Waals surface area contributed by atoms with Crippen LogP contribution in [0.2, 0.25) is 0 Å². The molecule has 0 heterocycles. The molecular formula is C14H22N2O2. The highest BCUT2D eigenvalue weighted by Gasteiger charge is 2.08. The Labute approximate surface area is 109 Å². The van der Waals surface area contributed by atoms with Gasteiger partial charge in [-0.1, -0.05) is 19.4 Å². The maximum atomic E-state index is 11.6. The number of anilines is 1. The summed E-state index contributed by atoms with van der Waals surface area (Å²) in [4.78, 5) is 11.6. The summed E-state index contributed by atoms with van der Waals surface area (Å²) in [5.41, 5.74) is 7.28. The zero-order chi connectivity index (χ0) is 13.5. The van der Waals surface area contributed by atoms with E-state index in [0.29, 0.717) is 11.4 Å². The van der Waals surface area contributed by atoms with Crippen molar-refractivity contribution in [1.82, 2.24) is 5.32 Å². The normalized spacial score (nSPS) is 11.9. The maximum absolute atomic E-state index is 11.6. The predicted molar refractivity (Wildman–Crippen MR) is 73.6 cm³/mol. The molecule has 100 valence electrons. The molecule has 1 aromatic rings. The molecule has 4 heteroatoms. The second-order valence-electron chi connectivity index (χ2n) is 4.57. The van der Waals surface area contributed by atoms with E-state index in [1.807, 2.05) is 26.0 Å². The van der Waals surface area contributed by atoms with Crippen LogP contribution in [0.5, 0.6) is 5.75 Å². The summed E-state index contributed by atoms with van der Waals surface area (Å²) in [6.07, 6.45) is 2.03. The average Bonchev–Trinajstić information content (AvgIpc) is 2.30. The van der Waals surface area contributed by atoms with E-state index in [-0.39, 0.29) is 18.6 Å². The summed E-state index contributed by atoms with van der Waals surface area (Å²) in [5, 5.41) is 2.89. The highest BCUT2D eigenvalue weighted by molar-refractivity contribution is 5.77. The van der Waals surface area contributed by atoms with Crippen molar-refractivity contribution < 1.29 is 9.53 Å². The minimum Gasteiger partial charge on any atom is -0.483 e. The minimum absolute atomic E-state index is 0.0261. The first kappa shape index (κ1) is 14.4. The van der Waals surface area contributed by atoms with E-state index in [1.165, 1.54) is 0 Å². The molecule has 0 spiro atoms. The van der Waals surface area contributed by atoms with Gasteiger partial charge in [0.2, 0.25) is 0 Å². The van der Waals surface area contributed by atoms with Gasteiger partial charge in [0.1, 0.15) is 5.75 Å².